The minimum absolute atomic E-state index is 0.395. The average Bonchev–Trinajstić information content (AvgIpc) is 2.24. The maximum Gasteiger partial charge on any atom is 0.401 e. The molecule has 1 N–H and O–H groups in total. The Kier molecular flexibility index (Phi) is 5.20. The summed E-state index contributed by atoms with van der Waals surface area (Å²) in [4.78, 5) is 11.5. The van der Waals surface area contributed by atoms with E-state index in [1.54, 1.807) is 18.2 Å². The first-order valence-corrected chi connectivity index (χ1v) is 5.85. The van der Waals surface area contributed by atoms with Crippen LogP contribution in [-0.2, 0) is 4.79 Å². The van der Waals surface area contributed by atoms with Gasteiger partial charge < -0.3 is 5.11 Å². The second-order valence-electron chi connectivity index (χ2n) is 4.14. The van der Waals surface area contributed by atoms with Gasteiger partial charge in [0, 0.05) is 11.1 Å². The van der Waals surface area contributed by atoms with Crippen molar-refractivity contribution in [2.45, 2.75) is 19.1 Å². The minimum atomic E-state index is -4.46. The van der Waals surface area contributed by atoms with Crippen molar-refractivity contribution in [1.29, 1.82) is 0 Å². The third-order valence-electron chi connectivity index (χ3n) is 2.60. The third-order valence-corrected chi connectivity index (χ3v) is 2.83. The molecule has 0 aromatic heterocycles. The first kappa shape index (κ1) is 15.8. The number of halogens is 4. The summed E-state index contributed by atoms with van der Waals surface area (Å²) in [6.45, 7) is -0.458. The molecule has 0 heterocycles. The van der Waals surface area contributed by atoms with Crippen molar-refractivity contribution >= 4 is 17.6 Å². The molecule has 0 bridgehead atoms. The Balaban J connectivity index is 2.93. The first-order chi connectivity index (χ1) is 8.69. The molecule has 0 saturated carbocycles. The van der Waals surface area contributed by atoms with E-state index in [1.807, 2.05) is 0 Å². The second kappa shape index (κ2) is 6.25. The number of benzene rings is 1. The van der Waals surface area contributed by atoms with E-state index in [9.17, 15) is 18.0 Å². The molecule has 0 aliphatic heterocycles. The fraction of sp³-hybridized carbons (Fsp3) is 0.417. The minimum Gasteiger partial charge on any atom is -0.480 e. The molecule has 106 valence electrons. The largest absolute Gasteiger partial charge is 0.480 e. The topological polar surface area (TPSA) is 40.5 Å². The molecular formula is C12H13ClF3NO2. The number of rotatable bonds is 5. The van der Waals surface area contributed by atoms with Gasteiger partial charge in [0.2, 0.25) is 0 Å². The van der Waals surface area contributed by atoms with Gasteiger partial charge in [-0.2, -0.15) is 13.2 Å². The molecule has 0 aliphatic carbocycles. The summed E-state index contributed by atoms with van der Waals surface area (Å²) in [6.07, 6.45) is -4.46. The molecule has 1 atom stereocenters. The van der Waals surface area contributed by atoms with Crippen molar-refractivity contribution in [3.05, 3.63) is 34.9 Å². The quantitative estimate of drug-likeness (QED) is 0.905. The highest BCUT2D eigenvalue weighted by Crippen LogP contribution is 2.26. The van der Waals surface area contributed by atoms with E-state index in [4.69, 9.17) is 16.7 Å². The van der Waals surface area contributed by atoms with E-state index in [0.29, 0.717) is 10.6 Å². The zero-order valence-corrected chi connectivity index (χ0v) is 10.9. The van der Waals surface area contributed by atoms with Crippen molar-refractivity contribution in [3.63, 3.8) is 0 Å². The Morgan fingerprint density at radius 2 is 2.11 bits per heavy atom. The highest BCUT2D eigenvalue weighted by atomic mass is 35.5. The van der Waals surface area contributed by atoms with E-state index < -0.39 is 31.3 Å². The second-order valence-corrected chi connectivity index (χ2v) is 4.58. The van der Waals surface area contributed by atoms with Crippen LogP contribution in [0.25, 0.3) is 0 Å². The predicted molar refractivity (Wildman–Crippen MR) is 65.1 cm³/mol. The molecule has 0 radical (unpaired) electrons. The molecule has 0 fully saturated rings. The lowest BCUT2D eigenvalue weighted by Crippen LogP contribution is -2.39. The molecule has 1 aromatic rings. The van der Waals surface area contributed by atoms with Crippen LogP contribution < -0.4 is 0 Å². The Hall–Kier alpha value is -1.27. The van der Waals surface area contributed by atoms with E-state index in [1.165, 1.54) is 13.0 Å². The van der Waals surface area contributed by atoms with Crippen molar-refractivity contribution < 1.29 is 23.1 Å². The van der Waals surface area contributed by atoms with Crippen LogP contribution in [0.2, 0.25) is 5.02 Å². The van der Waals surface area contributed by atoms with E-state index in [2.05, 4.69) is 0 Å². The van der Waals surface area contributed by atoms with E-state index in [-0.39, 0.29) is 0 Å². The Labute approximate surface area is 113 Å². The standard InChI is InChI=1S/C12H13ClF3NO2/c1-8(9-3-2-4-10(13)5-9)17(6-11(18)19)7-12(14,15)16/h2-5,8H,6-7H2,1H3,(H,18,19). The number of aliphatic carboxylic acids is 1. The van der Waals surface area contributed by atoms with Gasteiger partial charge >= 0.3 is 12.1 Å². The molecule has 0 aliphatic rings. The monoisotopic (exact) mass is 295 g/mol. The van der Waals surface area contributed by atoms with Gasteiger partial charge in [-0.25, -0.2) is 0 Å². The van der Waals surface area contributed by atoms with Gasteiger partial charge in [-0.1, -0.05) is 23.7 Å². The molecule has 1 unspecified atom stereocenters. The zero-order chi connectivity index (χ0) is 14.6. The molecule has 7 heteroatoms. The molecule has 0 amide bonds. The van der Waals surface area contributed by atoms with E-state index >= 15 is 0 Å². The summed E-state index contributed by atoms with van der Waals surface area (Å²) < 4.78 is 37.4. The van der Waals surface area contributed by atoms with Gasteiger partial charge in [-0.3, -0.25) is 9.69 Å². The normalized spacial score (nSPS) is 13.6. The molecule has 1 aromatic carbocycles. The highest BCUT2D eigenvalue weighted by Gasteiger charge is 2.34. The summed E-state index contributed by atoms with van der Waals surface area (Å²) in [5.41, 5.74) is 0.540. The Morgan fingerprint density at radius 1 is 1.47 bits per heavy atom. The van der Waals surface area contributed by atoms with Crippen LogP contribution in [0.1, 0.15) is 18.5 Å². The Bertz CT molecular complexity index is 451. The number of carbonyl (C=O) groups is 1. The van der Waals surface area contributed by atoms with Crippen molar-refractivity contribution in [2.75, 3.05) is 13.1 Å². The molecule has 3 nitrogen and oxygen atoms in total. The lowest BCUT2D eigenvalue weighted by molar-refractivity contribution is -0.157. The Morgan fingerprint density at radius 3 is 2.58 bits per heavy atom. The van der Waals surface area contributed by atoms with Crippen LogP contribution in [0.4, 0.5) is 13.2 Å². The fourth-order valence-corrected chi connectivity index (χ4v) is 1.91. The van der Waals surface area contributed by atoms with Gasteiger partial charge in [-0.05, 0) is 24.6 Å². The third kappa shape index (κ3) is 5.48. The summed E-state index contributed by atoms with van der Waals surface area (Å²) in [7, 11) is 0. The molecular weight excluding hydrogens is 283 g/mol. The summed E-state index contributed by atoms with van der Waals surface area (Å²) in [5, 5.41) is 9.09. The molecule has 19 heavy (non-hydrogen) atoms. The smallest absolute Gasteiger partial charge is 0.401 e. The summed E-state index contributed by atoms with van der Waals surface area (Å²) in [5.74, 6) is -1.31. The fourth-order valence-electron chi connectivity index (χ4n) is 1.71. The number of hydrogen-bond acceptors (Lipinski definition) is 2. The van der Waals surface area contributed by atoms with Gasteiger partial charge in [0.1, 0.15) is 0 Å². The van der Waals surface area contributed by atoms with Gasteiger partial charge in [-0.15, -0.1) is 0 Å². The van der Waals surface area contributed by atoms with Crippen LogP contribution in [0.15, 0.2) is 24.3 Å². The molecule has 1 rings (SSSR count). The van der Waals surface area contributed by atoms with Crippen LogP contribution in [0, 0.1) is 0 Å². The lowest BCUT2D eigenvalue weighted by atomic mass is 10.1. The number of alkyl halides is 3. The summed E-state index contributed by atoms with van der Waals surface area (Å²) in [6, 6.07) is 5.65. The number of carboxylic acids is 1. The lowest BCUT2D eigenvalue weighted by Gasteiger charge is -2.28. The van der Waals surface area contributed by atoms with Crippen LogP contribution in [-0.4, -0.2) is 35.2 Å². The highest BCUT2D eigenvalue weighted by molar-refractivity contribution is 6.30. The maximum atomic E-state index is 12.5. The zero-order valence-electron chi connectivity index (χ0n) is 10.1. The van der Waals surface area contributed by atoms with Crippen molar-refractivity contribution in [2.24, 2.45) is 0 Å². The predicted octanol–water partition coefficient (Wildman–Crippen LogP) is 3.35. The van der Waals surface area contributed by atoms with Crippen molar-refractivity contribution in [3.8, 4) is 0 Å². The summed E-state index contributed by atoms with van der Waals surface area (Å²) >= 11 is 5.78. The molecule has 0 saturated heterocycles. The number of hydrogen-bond donors (Lipinski definition) is 1. The van der Waals surface area contributed by atoms with Gasteiger partial charge in [0.05, 0.1) is 13.1 Å². The molecule has 0 spiro atoms. The van der Waals surface area contributed by atoms with Gasteiger partial charge in [0.25, 0.3) is 0 Å². The number of carboxylic acid groups (broad SMARTS) is 1. The SMILES string of the molecule is CC(c1cccc(Cl)c1)N(CC(=O)O)CC(F)(F)F. The number of nitrogens with zero attached hydrogens (tertiary/aromatic N) is 1. The first-order valence-electron chi connectivity index (χ1n) is 5.47. The van der Waals surface area contributed by atoms with Gasteiger partial charge in [0.15, 0.2) is 0 Å². The van der Waals surface area contributed by atoms with Crippen LogP contribution in [0.5, 0.6) is 0 Å². The maximum absolute atomic E-state index is 12.5. The van der Waals surface area contributed by atoms with Crippen LogP contribution in [0.3, 0.4) is 0 Å². The van der Waals surface area contributed by atoms with Crippen LogP contribution >= 0.6 is 11.6 Å². The average molecular weight is 296 g/mol. The van der Waals surface area contributed by atoms with E-state index in [0.717, 1.165) is 4.90 Å². The van der Waals surface area contributed by atoms with Crippen molar-refractivity contribution in [1.82, 2.24) is 4.90 Å².